The maximum atomic E-state index is 4.29. The van der Waals surface area contributed by atoms with Gasteiger partial charge in [-0.1, -0.05) is 13.8 Å². The van der Waals surface area contributed by atoms with Crippen molar-refractivity contribution in [3.8, 4) is 5.69 Å². The second-order valence-electron chi connectivity index (χ2n) is 4.14. The van der Waals surface area contributed by atoms with Gasteiger partial charge in [-0.15, -0.1) is 0 Å². The van der Waals surface area contributed by atoms with E-state index in [2.05, 4.69) is 45.2 Å². The van der Waals surface area contributed by atoms with Crippen molar-refractivity contribution in [1.29, 1.82) is 0 Å². The van der Waals surface area contributed by atoms with Crippen LogP contribution in [0.1, 0.15) is 19.4 Å². The molecule has 0 aliphatic carbocycles. The van der Waals surface area contributed by atoms with Crippen LogP contribution >= 0.6 is 15.9 Å². The van der Waals surface area contributed by atoms with Crippen molar-refractivity contribution in [2.24, 2.45) is 0 Å². The van der Waals surface area contributed by atoms with Crippen molar-refractivity contribution in [3.05, 3.63) is 40.9 Å². The summed E-state index contributed by atoms with van der Waals surface area (Å²) in [5, 5.41) is 7.67. The number of hydrogen-bond acceptors (Lipinski definition) is 3. The molecule has 17 heavy (non-hydrogen) atoms. The Hall–Kier alpha value is -1.20. The summed E-state index contributed by atoms with van der Waals surface area (Å²) < 4.78 is 2.82. The molecule has 90 valence electrons. The molecule has 0 aliphatic heterocycles. The van der Waals surface area contributed by atoms with Gasteiger partial charge >= 0.3 is 0 Å². The molecule has 2 heterocycles. The van der Waals surface area contributed by atoms with Crippen LogP contribution in [0.25, 0.3) is 5.69 Å². The number of pyridine rings is 1. The van der Waals surface area contributed by atoms with Gasteiger partial charge in [0, 0.05) is 36.7 Å². The molecule has 0 saturated heterocycles. The van der Waals surface area contributed by atoms with Crippen LogP contribution < -0.4 is 5.32 Å². The molecule has 2 rings (SSSR count). The topological polar surface area (TPSA) is 42.7 Å². The predicted molar refractivity (Wildman–Crippen MR) is 71.0 cm³/mol. The predicted octanol–water partition coefficient (Wildman–Crippen LogP) is 2.53. The number of nitrogens with one attached hydrogen (secondary N) is 1. The average molecular weight is 295 g/mol. The summed E-state index contributed by atoms with van der Waals surface area (Å²) in [7, 11) is 0. The molecular formula is C12H15BrN4. The third kappa shape index (κ3) is 3.14. The Morgan fingerprint density at radius 2 is 2.24 bits per heavy atom. The Bertz CT molecular complexity index is 493. The van der Waals surface area contributed by atoms with Gasteiger partial charge in [0.05, 0.1) is 16.4 Å². The molecule has 0 aliphatic rings. The minimum absolute atomic E-state index is 0.451. The molecule has 5 heteroatoms. The van der Waals surface area contributed by atoms with E-state index in [1.54, 1.807) is 12.4 Å². The van der Waals surface area contributed by atoms with E-state index in [4.69, 9.17) is 0 Å². The summed E-state index contributed by atoms with van der Waals surface area (Å²) in [6.07, 6.45) is 7.37. The monoisotopic (exact) mass is 294 g/mol. The Morgan fingerprint density at radius 3 is 2.88 bits per heavy atom. The zero-order chi connectivity index (χ0) is 12.3. The van der Waals surface area contributed by atoms with E-state index in [1.165, 1.54) is 0 Å². The molecule has 2 aromatic rings. The summed E-state index contributed by atoms with van der Waals surface area (Å²) in [6.45, 7) is 5.04. The molecule has 0 aromatic carbocycles. The summed E-state index contributed by atoms with van der Waals surface area (Å²) >= 11 is 3.40. The van der Waals surface area contributed by atoms with Crippen LogP contribution in [0.4, 0.5) is 0 Å². The van der Waals surface area contributed by atoms with Gasteiger partial charge in [-0.2, -0.15) is 5.10 Å². The van der Waals surface area contributed by atoms with E-state index < -0.39 is 0 Å². The van der Waals surface area contributed by atoms with E-state index in [1.807, 2.05) is 23.1 Å². The van der Waals surface area contributed by atoms with E-state index in [9.17, 15) is 0 Å². The second kappa shape index (κ2) is 5.42. The third-order valence-electron chi connectivity index (χ3n) is 2.38. The Balaban J connectivity index is 2.27. The molecule has 0 unspecified atom stereocenters. The first-order chi connectivity index (χ1) is 8.16. The molecule has 4 nitrogen and oxygen atoms in total. The smallest absolute Gasteiger partial charge is 0.0721 e. The highest BCUT2D eigenvalue weighted by molar-refractivity contribution is 9.10. The highest BCUT2D eigenvalue weighted by Gasteiger charge is 2.06. The third-order valence-corrected chi connectivity index (χ3v) is 2.79. The quantitative estimate of drug-likeness (QED) is 0.942. The lowest BCUT2D eigenvalue weighted by Crippen LogP contribution is -2.22. The van der Waals surface area contributed by atoms with Crippen LogP contribution in [-0.4, -0.2) is 20.8 Å². The van der Waals surface area contributed by atoms with Crippen LogP contribution in [-0.2, 0) is 6.54 Å². The van der Waals surface area contributed by atoms with E-state index in [0.717, 1.165) is 22.3 Å². The standard InChI is InChI=1S/C12H15BrN4/c1-9(2)15-6-10-5-14-4-3-12(10)17-8-11(13)7-16-17/h3-5,7-9,15H,6H2,1-2H3. The van der Waals surface area contributed by atoms with Crippen molar-refractivity contribution >= 4 is 15.9 Å². The highest BCUT2D eigenvalue weighted by Crippen LogP contribution is 2.15. The van der Waals surface area contributed by atoms with Gasteiger partial charge in [0.2, 0.25) is 0 Å². The first-order valence-corrected chi connectivity index (χ1v) is 6.33. The fraction of sp³-hybridized carbons (Fsp3) is 0.333. The lowest BCUT2D eigenvalue weighted by atomic mass is 10.2. The maximum absolute atomic E-state index is 4.29. The normalized spacial score (nSPS) is 11.1. The molecular weight excluding hydrogens is 280 g/mol. The Kier molecular flexibility index (Phi) is 3.91. The SMILES string of the molecule is CC(C)NCc1cnccc1-n1cc(Br)cn1. The first-order valence-electron chi connectivity index (χ1n) is 5.53. The Morgan fingerprint density at radius 1 is 1.41 bits per heavy atom. The zero-order valence-corrected chi connectivity index (χ0v) is 11.5. The van der Waals surface area contributed by atoms with Crippen molar-refractivity contribution in [2.45, 2.75) is 26.4 Å². The fourth-order valence-corrected chi connectivity index (χ4v) is 1.81. The number of hydrogen-bond donors (Lipinski definition) is 1. The van der Waals surface area contributed by atoms with Crippen molar-refractivity contribution < 1.29 is 0 Å². The van der Waals surface area contributed by atoms with Crippen molar-refractivity contribution in [2.75, 3.05) is 0 Å². The van der Waals surface area contributed by atoms with E-state index >= 15 is 0 Å². The molecule has 1 N–H and O–H groups in total. The van der Waals surface area contributed by atoms with Gasteiger partial charge < -0.3 is 5.32 Å². The molecule has 0 atom stereocenters. The zero-order valence-electron chi connectivity index (χ0n) is 9.89. The van der Waals surface area contributed by atoms with Crippen molar-refractivity contribution in [3.63, 3.8) is 0 Å². The van der Waals surface area contributed by atoms with Gasteiger partial charge in [-0.25, -0.2) is 4.68 Å². The van der Waals surface area contributed by atoms with Crippen LogP contribution in [0.5, 0.6) is 0 Å². The summed E-state index contributed by atoms with van der Waals surface area (Å²) in [6, 6.07) is 2.42. The summed E-state index contributed by atoms with van der Waals surface area (Å²) in [5.41, 5.74) is 2.19. The molecule has 0 saturated carbocycles. The first kappa shape index (κ1) is 12.3. The average Bonchev–Trinajstić information content (AvgIpc) is 2.73. The largest absolute Gasteiger partial charge is 0.310 e. The second-order valence-corrected chi connectivity index (χ2v) is 5.06. The molecule has 0 fully saturated rings. The number of aromatic nitrogens is 3. The lowest BCUT2D eigenvalue weighted by Gasteiger charge is -2.11. The number of rotatable bonds is 4. The minimum atomic E-state index is 0.451. The molecule has 0 spiro atoms. The number of halogens is 1. The minimum Gasteiger partial charge on any atom is -0.310 e. The maximum Gasteiger partial charge on any atom is 0.0721 e. The van der Waals surface area contributed by atoms with Crippen LogP contribution in [0.3, 0.4) is 0 Å². The molecule has 2 aromatic heterocycles. The van der Waals surface area contributed by atoms with Crippen LogP contribution in [0.2, 0.25) is 0 Å². The lowest BCUT2D eigenvalue weighted by molar-refractivity contribution is 0.585. The van der Waals surface area contributed by atoms with Gasteiger partial charge in [0.25, 0.3) is 0 Å². The van der Waals surface area contributed by atoms with E-state index in [0.29, 0.717) is 6.04 Å². The summed E-state index contributed by atoms with van der Waals surface area (Å²) in [5.74, 6) is 0. The highest BCUT2D eigenvalue weighted by atomic mass is 79.9. The Labute approximate surface area is 109 Å². The fourth-order valence-electron chi connectivity index (χ4n) is 1.53. The van der Waals surface area contributed by atoms with Crippen LogP contribution in [0, 0.1) is 0 Å². The molecule has 0 amide bonds. The van der Waals surface area contributed by atoms with E-state index in [-0.39, 0.29) is 0 Å². The molecule has 0 bridgehead atoms. The van der Waals surface area contributed by atoms with Crippen LogP contribution in [0.15, 0.2) is 35.3 Å². The van der Waals surface area contributed by atoms with Gasteiger partial charge in [0.1, 0.15) is 0 Å². The van der Waals surface area contributed by atoms with Gasteiger partial charge in [-0.05, 0) is 22.0 Å². The van der Waals surface area contributed by atoms with Crippen molar-refractivity contribution in [1.82, 2.24) is 20.1 Å². The molecule has 0 radical (unpaired) electrons. The van der Waals surface area contributed by atoms with Gasteiger partial charge in [-0.3, -0.25) is 4.98 Å². The number of nitrogens with zero attached hydrogens (tertiary/aromatic N) is 3. The summed E-state index contributed by atoms with van der Waals surface area (Å²) in [4.78, 5) is 4.16. The van der Waals surface area contributed by atoms with Gasteiger partial charge in [0.15, 0.2) is 0 Å².